The normalized spacial score (nSPS) is 17.0. The second kappa shape index (κ2) is 8.28. The first kappa shape index (κ1) is 19.0. The van der Waals surface area contributed by atoms with Gasteiger partial charge in [-0.05, 0) is 30.9 Å². The van der Waals surface area contributed by atoms with E-state index in [0.29, 0.717) is 24.6 Å². The Morgan fingerprint density at radius 2 is 2.26 bits per heavy atom. The number of carbonyl (C=O) groups excluding carboxylic acids is 2. The van der Waals surface area contributed by atoms with E-state index in [-0.39, 0.29) is 24.3 Å². The molecule has 8 nitrogen and oxygen atoms in total. The zero-order chi connectivity index (χ0) is 19.4. The number of amides is 2. The van der Waals surface area contributed by atoms with Gasteiger partial charge in [0.25, 0.3) is 6.01 Å². The van der Waals surface area contributed by atoms with Crippen LogP contribution in [0.5, 0.6) is 5.75 Å². The van der Waals surface area contributed by atoms with Crippen molar-refractivity contribution in [2.24, 2.45) is 5.92 Å². The zero-order valence-corrected chi connectivity index (χ0v) is 16.0. The maximum absolute atomic E-state index is 12.4. The highest BCUT2D eigenvalue weighted by atomic mass is 16.5. The Morgan fingerprint density at radius 3 is 3.00 bits per heavy atom. The molecule has 1 aliphatic heterocycles. The molecule has 2 amide bonds. The Balaban J connectivity index is 1.64. The van der Waals surface area contributed by atoms with Gasteiger partial charge in [0.1, 0.15) is 11.3 Å². The number of benzene rings is 1. The second-order valence-corrected chi connectivity index (χ2v) is 6.91. The van der Waals surface area contributed by atoms with Crippen LogP contribution in [-0.4, -0.2) is 62.5 Å². The predicted molar refractivity (Wildman–Crippen MR) is 102 cm³/mol. The van der Waals surface area contributed by atoms with E-state index in [9.17, 15) is 9.59 Å². The van der Waals surface area contributed by atoms with Crippen molar-refractivity contribution in [1.29, 1.82) is 0 Å². The fourth-order valence-corrected chi connectivity index (χ4v) is 3.35. The van der Waals surface area contributed by atoms with Gasteiger partial charge in [-0.1, -0.05) is 0 Å². The van der Waals surface area contributed by atoms with Crippen molar-refractivity contribution in [2.75, 3.05) is 45.7 Å². The molecule has 0 spiro atoms. The lowest BCUT2D eigenvalue weighted by Crippen LogP contribution is -2.41. The SMILES string of the molecule is CNC(=O)CN(C)C(=O)CC1CCCN(c2nc3cc(OC)ccc3o2)C1. The Hall–Kier alpha value is -2.77. The summed E-state index contributed by atoms with van der Waals surface area (Å²) >= 11 is 0. The molecule has 0 radical (unpaired) electrons. The van der Waals surface area contributed by atoms with E-state index in [1.54, 1.807) is 21.2 Å². The summed E-state index contributed by atoms with van der Waals surface area (Å²) in [6, 6.07) is 6.12. The lowest BCUT2D eigenvalue weighted by molar-refractivity contribution is -0.135. The number of likely N-dealkylation sites (N-methyl/N-ethyl adjacent to an activating group) is 2. The van der Waals surface area contributed by atoms with Crippen molar-refractivity contribution in [3.8, 4) is 5.75 Å². The Bertz CT molecular complexity index is 819. The van der Waals surface area contributed by atoms with Gasteiger partial charge in [-0.3, -0.25) is 9.59 Å². The molecule has 3 rings (SSSR count). The van der Waals surface area contributed by atoms with Crippen molar-refractivity contribution in [1.82, 2.24) is 15.2 Å². The van der Waals surface area contributed by atoms with Gasteiger partial charge in [-0.25, -0.2) is 0 Å². The number of nitrogens with one attached hydrogen (secondary N) is 1. The van der Waals surface area contributed by atoms with Crippen LogP contribution in [0.3, 0.4) is 0 Å². The molecular formula is C19H26N4O4. The quantitative estimate of drug-likeness (QED) is 0.827. The standard InChI is InChI=1S/C19H26N4O4/c1-20-17(24)12-22(2)18(25)9-13-5-4-8-23(11-13)19-21-15-10-14(26-3)6-7-16(15)27-19/h6-7,10,13H,4-5,8-9,11-12H2,1-3H3,(H,20,24). The van der Waals surface area contributed by atoms with Gasteiger partial charge in [0, 0.05) is 39.7 Å². The highest BCUT2D eigenvalue weighted by molar-refractivity contribution is 5.84. The number of piperidine rings is 1. The van der Waals surface area contributed by atoms with Crippen LogP contribution in [0.2, 0.25) is 0 Å². The molecule has 0 bridgehead atoms. The lowest BCUT2D eigenvalue weighted by atomic mass is 9.94. The molecule has 1 aromatic heterocycles. The minimum absolute atomic E-state index is 0.0206. The van der Waals surface area contributed by atoms with Crippen LogP contribution in [0, 0.1) is 5.92 Å². The maximum atomic E-state index is 12.4. The number of nitrogens with zero attached hydrogens (tertiary/aromatic N) is 3. The molecule has 2 heterocycles. The van der Waals surface area contributed by atoms with Gasteiger partial charge in [0.15, 0.2) is 5.58 Å². The predicted octanol–water partition coefficient (Wildman–Crippen LogP) is 1.65. The highest BCUT2D eigenvalue weighted by Gasteiger charge is 2.26. The van der Waals surface area contributed by atoms with Gasteiger partial charge < -0.3 is 24.3 Å². The minimum atomic E-state index is -0.168. The van der Waals surface area contributed by atoms with E-state index in [4.69, 9.17) is 9.15 Å². The fraction of sp³-hybridized carbons (Fsp3) is 0.526. The number of rotatable bonds is 6. The molecule has 1 fully saturated rings. The van der Waals surface area contributed by atoms with Crippen LogP contribution in [0.25, 0.3) is 11.1 Å². The molecule has 1 atom stereocenters. The number of fused-ring (bicyclic) bond motifs is 1. The van der Waals surface area contributed by atoms with Crippen LogP contribution >= 0.6 is 0 Å². The molecule has 1 aliphatic rings. The first-order chi connectivity index (χ1) is 13.0. The number of ether oxygens (including phenoxy) is 1. The van der Waals surface area contributed by atoms with Crippen LogP contribution in [0.15, 0.2) is 22.6 Å². The minimum Gasteiger partial charge on any atom is -0.497 e. The van der Waals surface area contributed by atoms with Crippen LogP contribution < -0.4 is 15.0 Å². The summed E-state index contributed by atoms with van der Waals surface area (Å²) < 4.78 is 11.1. The number of aromatic nitrogens is 1. The monoisotopic (exact) mass is 374 g/mol. The average Bonchev–Trinajstić information content (AvgIpc) is 3.11. The number of oxazole rings is 1. The fourth-order valence-electron chi connectivity index (χ4n) is 3.35. The van der Waals surface area contributed by atoms with Crippen LogP contribution in [0.1, 0.15) is 19.3 Å². The molecule has 1 N–H and O–H groups in total. The Labute approximate surface area is 158 Å². The van der Waals surface area contributed by atoms with Gasteiger partial charge in [0.05, 0.1) is 13.7 Å². The lowest BCUT2D eigenvalue weighted by Gasteiger charge is -2.32. The summed E-state index contributed by atoms with van der Waals surface area (Å²) in [7, 11) is 4.84. The topological polar surface area (TPSA) is 87.9 Å². The Morgan fingerprint density at radius 1 is 1.44 bits per heavy atom. The third-order valence-corrected chi connectivity index (χ3v) is 4.92. The third-order valence-electron chi connectivity index (χ3n) is 4.92. The number of hydrogen-bond donors (Lipinski definition) is 1. The van der Waals surface area contributed by atoms with E-state index in [1.807, 2.05) is 18.2 Å². The maximum Gasteiger partial charge on any atom is 0.298 e. The van der Waals surface area contributed by atoms with Crippen molar-refractivity contribution in [3.63, 3.8) is 0 Å². The van der Waals surface area contributed by atoms with E-state index in [1.165, 1.54) is 4.90 Å². The van der Waals surface area contributed by atoms with Crippen molar-refractivity contribution < 1.29 is 18.7 Å². The van der Waals surface area contributed by atoms with Gasteiger partial charge in [-0.15, -0.1) is 0 Å². The molecule has 0 saturated carbocycles. The third kappa shape index (κ3) is 4.50. The summed E-state index contributed by atoms with van der Waals surface area (Å²) in [5.41, 5.74) is 1.47. The van der Waals surface area contributed by atoms with Gasteiger partial charge in [-0.2, -0.15) is 4.98 Å². The molecule has 1 aromatic carbocycles. The second-order valence-electron chi connectivity index (χ2n) is 6.91. The molecule has 0 aliphatic carbocycles. The largest absolute Gasteiger partial charge is 0.497 e. The van der Waals surface area contributed by atoms with E-state index < -0.39 is 0 Å². The summed E-state index contributed by atoms with van der Waals surface area (Å²) in [6.07, 6.45) is 2.36. The molecule has 1 unspecified atom stereocenters. The number of anilines is 1. The highest BCUT2D eigenvalue weighted by Crippen LogP contribution is 2.29. The zero-order valence-electron chi connectivity index (χ0n) is 16.0. The number of methoxy groups -OCH3 is 1. The average molecular weight is 374 g/mol. The van der Waals surface area contributed by atoms with Crippen molar-refractivity contribution in [3.05, 3.63) is 18.2 Å². The summed E-state index contributed by atoms with van der Waals surface area (Å²) in [5, 5.41) is 2.53. The number of carbonyl (C=O) groups is 2. The smallest absolute Gasteiger partial charge is 0.298 e. The molecule has 2 aromatic rings. The number of hydrogen-bond acceptors (Lipinski definition) is 6. The van der Waals surface area contributed by atoms with Crippen LogP contribution in [-0.2, 0) is 9.59 Å². The molecular weight excluding hydrogens is 348 g/mol. The van der Waals surface area contributed by atoms with E-state index in [2.05, 4.69) is 15.2 Å². The molecule has 27 heavy (non-hydrogen) atoms. The van der Waals surface area contributed by atoms with E-state index in [0.717, 1.165) is 30.7 Å². The summed E-state index contributed by atoms with van der Waals surface area (Å²) in [4.78, 5) is 32.0. The van der Waals surface area contributed by atoms with Crippen molar-refractivity contribution in [2.45, 2.75) is 19.3 Å². The summed E-state index contributed by atoms with van der Waals surface area (Å²) in [5.74, 6) is 0.761. The summed E-state index contributed by atoms with van der Waals surface area (Å²) in [6.45, 7) is 1.64. The van der Waals surface area contributed by atoms with Gasteiger partial charge in [0.2, 0.25) is 11.8 Å². The van der Waals surface area contributed by atoms with E-state index >= 15 is 0 Å². The first-order valence-corrected chi connectivity index (χ1v) is 9.14. The first-order valence-electron chi connectivity index (χ1n) is 9.14. The molecule has 146 valence electrons. The molecule has 8 heteroatoms. The molecule has 1 saturated heterocycles. The van der Waals surface area contributed by atoms with Crippen LogP contribution in [0.4, 0.5) is 6.01 Å². The van der Waals surface area contributed by atoms with Crippen molar-refractivity contribution >= 4 is 28.9 Å². The van der Waals surface area contributed by atoms with Gasteiger partial charge >= 0.3 is 0 Å². The Kier molecular flexibility index (Phi) is 5.83.